The number of halogens is 1. The smallest absolute Gasteiger partial charge is 0.0724 e. The molecular formula is C8H10BrNO. The van der Waals surface area contributed by atoms with Gasteiger partial charge in [-0.05, 0) is 23.8 Å². The third-order valence-corrected chi connectivity index (χ3v) is 2.14. The molecule has 0 aliphatic heterocycles. The summed E-state index contributed by atoms with van der Waals surface area (Å²) in [6.07, 6.45) is 0. The number of hydrogen-bond donors (Lipinski definition) is 1. The van der Waals surface area contributed by atoms with Gasteiger partial charge in [-0.15, -0.1) is 0 Å². The van der Waals surface area contributed by atoms with Gasteiger partial charge in [0, 0.05) is 17.3 Å². The predicted molar refractivity (Wildman–Crippen MR) is 49.3 cm³/mol. The van der Waals surface area contributed by atoms with E-state index >= 15 is 0 Å². The molecule has 2 nitrogen and oxygen atoms in total. The lowest BCUT2D eigenvalue weighted by atomic mass is 10.2. The van der Waals surface area contributed by atoms with Crippen LogP contribution in [0, 0.1) is 0 Å². The fourth-order valence-electron chi connectivity index (χ4n) is 0.861. The van der Waals surface area contributed by atoms with E-state index in [1.165, 1.54) is 0 Å². The van der Waals surface area contributed by atoms with Crippen LogP contribution in [0.25, 0.3) is 0 Å². The standard InChI is InChI=1S/C8H10BrNO/c1-11-5-6-4-7(10)2-3-8(6)9/h2-4H,5,10H2,1H3. The molecule has 0 saturated heterocycles. The summed E-state index contributed by atoms with van der Waals surface area (Å²) in [7, 11) is 1.66. The van der Waals surface area contributed by atoms with E-state index in [9.17, 15) is 0 Å². The molecule has 0 heterocycles. The maximum atomic E-state index is 5.58. The Bertz CT molecular complexity index is 250. The summed E-state index contributed by atoms with van der Waals surface area (Å²) < 4.78 is 6.01. The molecule has 1 aromatic carbocycles. The number of hydrogen-bond acceptors (Lipinski definition) is 2. The highest BCUT2D eigenvalue weighted by Crippen LogP contribution is 2.19. The summed E-state index contributed by atoms with van der Waals surface area (Å²) in [6, 6.07) is 5.67. The lowest BCUT2D eigenvalue weighted by Gasteiger charge is -2.03. The SMILES string of the molecule is COCc1cc(N)ccc1Br. The second-order valence-electron chi connectivity index (χ2n) is 2.28. The molecule has 0 amide bonds. The maximum absolute atomic E-state index is 5.58. The van der Waals surface area contributed by atoms with Gasteiger partial charge >= 0.3 is 0 Å². The molecule has 0 unspecified atom stereocenters. The van der Waals surface area contributed by atoms with Gasteiger partial charge in [0.1, 0.15) is 0 Å². The van der Waals surface area contributed by atoms with Crippen molar-refractivity contribution in [3.63, 3.8) is 0 Å². The van der Waals surface area contributed by atoms with Gasteiger partial charge in [0.05, 0.1) is 6.61 Å². The molecule has 0 fully saturated rings. The first-order valence-electron chi connectivity index (χ1n) is 3.27. The number of anilines is 1. The lowest BCUT2D eigenvalue weighted by Crippen LogP contribution is -1.92. The van der Waals surface area contributed by atoms with E-state index in [0.717, 1.165) is 15.7 Å². The van der Waals surface area contributed by atoms with Gasteiger partial charge in [0.25, 0.3) is 0 Å². The Hall–Kier alpha value is -0.540. The minimum Gasteiger partial charge on any atom is -0.399 e. The van der Waals surface area contributed by atoms with E-state index in [-0.39, 0.29) is 0 Å². The van der Waals surface area contributed by atoms with E-state index in [1.807, 2.05) is 18.2 Å². The molecule has 1 aromatic rings. The molecule has 0 aromatic heterocycles. The van der Waals surface area contributed by atoms with Gasteiger partial charge in [-0.2, -0.15) is 0 Å². The van der Waals surface area contributed by atoms with E-state index < -0.39 is 0 Å². The zero-order valence-electron chi connectivity index (χ0n) is 6.30. The number of nitrogens with two attached hydrogens (primary N) is 1. The minimum atomic E-state index is 0.589. The molecule has 60 valence electrons. The van der Waals surface area contributed by atoms with Crippen LogP contribution in [0.1, 0.15) is 5.56 Å². The Kier molecular flexibility index (Phi) is 2.91. The highest BCUT2D eigenvalue weighted by molar-refractivity contribution is 9.10. The van der Waals surface area contributed by atoms with Crippen LogP contribution in [-0.2, 0) is 11.3 Å². The third-order valence-electron chi connectivity index (χ3n) is 1.37. The van der Waals surface area contributed by atoms with Crippen molar-refractivity contribution in [2.75, 3.05) is 12.8 Å². The van der Waals surface area contributed by atoms with E-state index in [2.05, 4.69) is 15.9 Å². The van der Waals surface area contributed by atoms with Gasteiger partial charge in [0.2, 0.25) is 0 Å². The number of rotatable bonds is 2. The van der Waals surface area contributed by atoms with Crippen molar-refractivity contribution >= 4 is 21.6 Å². The Morgan fingerprint density at radius 2 is 2.27 bits per heavy atom. The van der Waals surface area contributed by atoms with Gasteiger partial charge in [0.15, 0.2) is 0 Å². The Balaban J connectivity index is 2.93. The van der Waals surface area contributed by atoms with E-state index in [1.54, 1.807) is 7.11 Å². The van der Waals surface area contributed by atoms with Crippen molar-refractivity contribution in [2.45, 2.75) is 6.61 Å². The van der Waals surface area contributed by atoms with E-state index in [0.29, 0.717) is 6.61 Å². The van der Waals surface area contributed by atoms with Crippen LogP contribution in [0.5, 0.6) is 0 Å². The Labute approximate surface area is 74.5 Å². The minimum absolute atomic E-state index is 0.589. The van der Waals surface area contributed by atoms with Crippen molar-refractivity contribution in [1.29, 1.82) is 0 Å². The van der Waals surface area contributed by atoms with Gasteiger partial charge < -0.3 is 10.5 Å². The molecule has 0 aliphatic rings. The summed E-state index contributed by atoms with van der Waals surface area (Å²) >= 11 is 3.40. The van der Waals surface area contributed by atoms with Crippen LogP contribution in [0.15, 0.2) is 22.7 Å². The van der Waals surface area contributed by atoms with Crippen LogP contribution in [0.2, 0.25) is 0 Å². The van der Waals surface area contributed by atoms with Crippen molar-refractivity contribution in [1.82, 2.24) is 0 Å². The van der Waals surface area contributed by atoms with Crippen LogP contribution in [0.4, 0.5) is 5.69 Å². The van der Waals surface area contributed by atoms with Crippen molar-refractivity contribution < 1.29 is 4.74 Å². The highest BCUT2D eigenvalue weighted by Gasteiger charge is 1.98. The first kappa shape index (κ1) is 8.56. The fraction of sp³-hybridized carbons (Fsp3) is 0.250. The zero-order chi connectivity index (χ0) is 8.27. The summed E-state index contributed by atoms with van der Waals surface area (Å²) in [4.78, 5) is 0. The quantitative estimate of drug-likeness (QED) is 0.769. The summed E-state index contributed by atoms with van der Waals surface area (Å²) in [5, 5.41) is 0. The van der Waals surface area contributed by atoms with Crippen LogP contribution >= 0.6 is 15.9 Å². The van der Waals surface area contributed by atoms with Crippen molar-refractivity contribution in [3.8, 4) is 0 Å². The molecule has 0 radical (unpaired) electrons. The predicted octanol–water partition coefficient (Wildman–Crippen LogP) is 2.18. The monoisotopic (exact) mass is 215 g/mol. The normalized spacial score (nSPS) is 10.0. The maximum Gasteiger partial charge on any atom is 0.0724 e. The fourth-order valence-corrected chi connectivity index (χ4v) is 1.22. The van der Waals surface area contributed by atoms with E-state index in [4.69, 9.17) is 10.5 Å². The number of ether oxygens (including phenoxy) is 1. The second kappa shape index (κ2) is 3.74. The average Bonchev–Trinajstić information content (AvgIpc) is 1.98. The van der Waals surface area contributed by atoms with Gasteiger partial charge in [-0.25, -0.2) is 0 Å². The molecule has 3 heteroatoms. The zero-order valence-corrected chi connectivity index (χ0v) is 7.89. The van der Waals surface area contributed by atoms with Crippen molar-refractivity contribution in [2.24, 2.45) is 0 Å². The largest absolute Gasteiger partial charge is 0.399 e. The van der Waals surface area contributed by atoms with Crippen molar-refractivity contribution in [3.05, 3.63) is 28.2 Å². The average molecular weight is 216 g/mol. The van der Waals surface area contributed by atoms with Crippen LogP contribution in [-0.4, -0.2) is 7.11 Å². The molecule has 0 atom stereocenters. The molecule has 0 spiro atoms. The summed E-state index contributed by atoms with van der Waals surface area (Å²) in [5.74, 6) is 0. The number of nitrogen functional groups attached to an aromatic ring is 1. The number of methoxy groups -OCH3 is 1. The Morgan fingerprint density at radius 3 is 2.91 bits per heavy atom. The highest BCUT2D eigenvalue weighted by atomic mass is 79.9. The van der Waals surface area contributed by atoms with Gasteiger partial charge in [-0.3, -0.25) is 0 Å². The molecule has 11 heavy (non-hydrogen) atoms. The first-order valence-corrected chi connectivity index (χ1v) is 4.06. The van der Waals surface area contributed by atoms with Crippen LogP contribution in [0.3, 0.4) is 0 Å². The molecule has 2 N–H and O–H groups in total. The summed E-state index contributed by atoms with van der Waals surface area (Å²) in [5.41, 5.74) is 7.42. The molecule has 0 bridgehead atoms. The second-order valence-corrected chi connectivity index (χ2v) is 3.14. The summed E-state index contributed by atoms with van der Waals surface area (Å²) in [6.45, 7) is 0.589. The van der Waals surface area contributed by atoms with Gasteiger partial charge in [-0.1, -0.05) is 15.9 Å². The third kappa shape index (κ3) is 2.20. The van der Waals surface area contributed by atoms with Crippen LogP contribution < -0.4 is 5.73 Å². The molecule has 0 saturated carbocycles. The topological polar surface area (TPSA) is 35.2 Å². The number of benzene rings is 1. The Morgan fingerprint density at radius 1 is 1.55 bits per heavy atom. The molecule has 1 rings (SSSR count). The molecular weight excluding hydrogens is 206 g/mol. The first-order chi connectivity index (χ1) is 5.24. The lowest BCUT2D eigenvalue weighted by molar-refractivity contribution is 0.184. The molecule has 0 aliphatic carbocycles.